The normalized spacial score (nSPS) is 13.5. The summed E-state index contributed by atoms with van der Waals surface area (Å²) in [5, 5.41) is 11.9. The average Bonchev–Trinajstić information content (AvgIpc) is 2.85. The molecule has 2 nitrogen and oxygen atoms in total. The first-order chi connectivity index (χ1) is 8.93. The highest BCUT2D eigenvalue weighted by Crippen LogP contribution is 2.34. The van der Waals surface area contributed by atoms with Crippen LogP contribution in [0.3, 0.4) is 0 Å². The Morgan fingerprint density at radius 1 is 1.26 bits per heavy atom. The third-order valence-corrected chi connectivity index (χ3v) is 3.79. The lowest BCUT2D eigenvalue weighted by atomic mass is 10.0. The van der Waals surface area contributed by atoms with Crippen LogP contribution in [-0.4, -0.2) is 5.11 Å². The van der Waals surface area contributed by atoms with Gasteiger partial charge in [-0.3, -0.25) is 0 Å². The Kier molecular flexibility index (Phi) is 3.93. The molecule has 0 aliphatic rings. The molecule has 1 unspecified atom stereocenters. The van der Waals surface area contributed by atoms with Crippen LogP contribution in [0.5, 0.6) is 0 Å². The largest absolute Gasteiger partial charge is 0.416 e. The number of rotatable bonds is 3. The molecule has 1 aromatic carbocycles. The minimum atomic E-state index is -4.41. The van der Waals surface area contributed by atoms with Gasteiger partial charge in [0.15, 0.2) is 0 Å². The Bertz CT molecular complexity index is 565. The van der Waals surface area contributed by atoms with Crippen molar-refractivity contribution in [2.24, 2.45) is 5.73 Å². The van der Waals surface area contributed by atoms with E-state index in [1.54, 1.807) is 11.4 Å². The van der Waals surface area contributed by atoms with Gasteiger partial charge in [-0.05, 0) is 34.7 Å². The number of aliphatic hydroxyl groups excluding tert-OH is 1. The van der Waals surface area contributed by atoms with E-state index in [-0.39, 0.29) is 12.1 Å². The molecular weight excluding hydrogens is 275 g/mol. The molecule has 3 N–H and O–H groups in total. The molecule has 0 aliphatic carbocycles. The van der Waals surface area contributed by atoms with Crippen LogP contribution < -0.4 is 5.73 Å². The summed E-state index contributed by atoms with van der Waals surface area (Å²) in [4.78, 5) is 0.585. The third-order valence-electron chi connectivity index (χ3n) is 2.78. The van der Waals surface area contributed by atoms with E-state index in [1.165, 1.54) is 23.5 Å². The van der Waals surface area contributed by atoms with Crippen molar-refractivity contribution in [1.82, 2.24) is 0 Å². The third kappa shape index (κ3) is 2.97. The van der Waals surface area contributed by atoms with Gasteiger partial charge in [0.1, 0.15) is 6.10 Å². The van der Waals surface area contributed by atoms with Crippen LogP contribution in [0, 0.1) is 0 Å². The molecule has 0 fully saturated rings. The summed E-state index contributed by atoms with van der Waals surface area (Å²) in [6, 6.07) is 6.47. The Labute approximate surface area is 112 Å². The Hall–Kier alpha value is -1.37. The highest BCUT2D eigenvalue weighted by Gasteiger charge is 2.31. The van der Waals surface area contributed by atoms with E-state index in [0.29, 0.717) is 4.88 Å². The Balaban J connectivity index is 2.37. The summed E-state index contributed by atoms with van der Waals surface area (Å²) < 4.78 is 37.9. The average molecular weight is 287 g/mol. The minimum absolute atomic E-state index is 0.215. The lowest BCUT2D eigenvalue weighted by Gasteiger charge is -2.14. The maximum Gasteiger partial charge on any atom is 0.416 e. The summed E-state index contributed by atoms with van der Waals surface area (Å²) in [5.41, 5.74) is 5.72. The lowest BCUT2D eigenvalue weighted by molar-refractivity contribution is -0.137. The predicted octanol–water partition coefficient (Wildman–Crippen LogP) is 3.31. The van der Waals surface area contributed by atoms with E-state index in [4.69, 9.17) is 5.73 Å². The SMILES string of the molecule is NCc1ccsc1C(O)c1cccc(C(F)(F)F)c1. The van der Waals surface area contributed by atoms with Gasteiger partial charge in [0.2, 0.25) is 0 Å². The van der Waals surface area contributed by atoms with Crippen molar-refractivity contribution in [2.45, 2.75) is 18.8 Å². The van der Waals surface area contributed by atoms with Gasteiger partial charge in [0.25, 0.3) is 0 Å². The predicted molar refractivity (Wildman–Crippen MR) is 67.7 cm³/mol. The number of thiophene rings is 1. The van der Waals surface area contributed by atoms with Crippen molar-refractivity contribution in [3.05, 3.63) is 57.3 Å². The second-order valence-electron chi connectivity index (χ2n) is 4.04. The van der Waals surface area contributed by atoms with Gasteiger partial charge in [0.05, 0.1) is 5.56 Å². The highest BCUT2D eigenvalue weighted by molar-refractivity contribution is 7.10. The fourth-order valence-electron chi connectivity index (χ4n) is 1.79. The maximum absolute atomic E-state index is 12.6. The molecule has 102 valence electrons. The maximum atomic E-state index is 12.6. The van der Waals surface area contributed by atoms with Gasteiger partial charge in [-0.1, -0.05) is 12.1 Å². The second-order valence-corrected chi connectivity index (χ2v) is 4.99. The fraction of sp³-hybridized carbons (Fsp3) is 0.231. The van der Waals surface area contributed by atoms with Crippen LogP contribution in [0.15, 0.2) is 35.7 Å². The summed E-state index contributed by atoms with van der Waals surface area (Å²) in [6.07, 6.45) is -5.50. The van der Waals surface area contributed by atoms with Crippen molar-refractivity contribution in [3.63, 3.8) is 0 Å². The first kappa shape index (κ1) is 14.0. The number of hydrogen-bond acceptors (Lipinski definition) is 3. The van der Waals surface area contributed by atoms with E-state index in [0.717, 1.165) is 17.7 Å². The zero-order valence-electron chi connectivity index (χ0n) is 9.82. The van der Waals surface area contributed by atoms with Crippen LogP contribution in [0.2, 0.25) is 0 Å². The Morgan fingerprint density at radius 3 is 2.63 bits per heavy atom. The van der Waals surface area contributed by atoms with Crippen LogP contribution >= 0.6 is 11.3 Å². The number of alkyl halides is 3. The molecule has 0 amide bonds. The molecule has 0 radical (unpaired) electrons. The summed E-state index contributed by atoms with van der Waals surface area (Å²) in [7, 11) is 0. The number of aliphatic hydroxyl groups is 1. The molecule has 2 rings (SSSR count). The molecule has 2 aromatic rings. The smallest absolute Gasteiger partial charge is 0.383 e. The molecule has 0 spiro atoms. The molecule has 0 aliphatic heterocycles. The first-order valence-electron chi connectivity index (χ1n) is 5.55. The van der Waals surface area contributed by atoms with Crippen LogP contribution in [0.25, 0.3) is 0 Å². The number of halogens is 3. The van der Waals surface area contributed by atoms with Crippen molar-refractivity contribution in [1.29, 1.82) is 0 Å². The molecule has 6 heteroatoms. The van der Waals surface area contributed by atoms with Crippen molar-refractivity contribution in [3.8, 4) is 0 Å². The molecule has 1 heterocycles. The zero-order valence-corrected chi connectivity index (χ0v) is 10.6. The molecule has 0 saturated heterocycles. The van der Waals surface area contributed by atoms with Gasteiger partial charge in [-0.2, -0.15) is 13.2 Å². The van der Waals surface area contributed by atoms with Crippen LogP contribution in [-0.2, 0) is 12.7 Å². The molecule has 1 aromatic heterocycles. The van der Waals surface area contributed by atoms with Gasteiger partial charge in [0, 0.05) is 11.4 Å². The minimum Gasteiger partial charge on any atom is -0.383 e. The quantitative estimate of drug-likeness (QED) is 0.909. The summed E-state index contributed by atoms with van der Waals surface area (Å²) in [5.74, 6) is 0. The Morgan fingerprint density at radius 2 is 2.00 bits per heavy atom. The van der Waals surface area contributed by atoms with Crippen molar-refractivity contribution >= 4 is 11.3 Å². The first-order valence-corrected chi connectivity index (χ1v) is 6.43. The van der Waals surface area contributed by atoms with Crippen molar-refractivity contribution < 1.29 is 18.3 Å². The van der Waals surface area contributed by atoms with Gasteiger partial charge in [-0.15, -0.1) is 11.3 Å². The summed E-state index contributed by atoms with van der Waals surface area (Å²) in [6.45, 7) is 0.245. The highest BCUT2D eigenvalue weighted by atomic mass is 32.1. The molecule has 19 heavy (non-hydrogen) atoms. The number of benzene rings is 1. The second kappa shape index (κ2) is 5.32. The van der Waals surface area contributed by atoms with E-state index in [9.17, 15) is 18.3 Å². The van der Waals surface area contributed by atoms with Gasteiger partial charge >= 0.3 is 6.18 Å². The fourth-order valence-corrected chi connectivity index (χ4v) is 2.74. The standard InChI is InChI=1S/C13H12F3NOS/c14-13(15,16)10-3-1-2-8(6-10)11(18)12-9(7-17)4-5-19-12/h1-6,11,18H,7,17H2. The number of nitrogens with two attached hydrogens (primary N) is 1. The van der Waals surface area contributed by atoms with E-state index in [1.807, 2.05) is 0 Å². The topological polar surface area (TPSA) is 46.2 Å². The molecular formula is C13H12F3NOS. The van der Waals surface area contributed by atoms with Gasteiger partial charge in [-0.25, -0.2) is 0 Å². The van der Waals surface area contributed by atoms with Crippen molar-refractivity contribution in [2.75, 3.05) is 0 Å². The van der Waals surface area contributed by atoms with Crippen LogP contribution in [0.1, 0.15) is 27.7 Å². The van der Waals surface area contributed by atoms with E-state index < -0.39 is 17.8 Å². The monoisotopic (exact) mass is 287 g/mol. The van der Waals surface area contributed by atoms with Crippen LogP contribution in [0.4, 0.5) is 13.2 Å². The zero-order chi connectivity index (χ0) is 14.0. The molecule has 0 saturated carbocycles. The molecule has 1 atom stereocenters. The van der Waals surface area contributed by atoms with E-state index >= 15 is 0 Å². The van der Waals surface area contributed by atoms with E-state index in [2.05, 4.69) is 0 Å². The summed E-state index contributed by atoms with van der Waals surface area (Å²) >= 11 is 1.28. The molecule has 0 bridgehead atoms. The number of hydrogen-bond donors (Lipinski definition) is 2. The lowest BCUT2D eigenvalue weighted by Crippen LogP contribution is -2.08. The van der Waals surface area contributed by atoms with Gasteiger partial charge < -0.3 is 10.8 Å².